The first-order valence-electron chi connectivity index (χ1n) is 6.81. The van der Waals surface area contributed by atoms with Crippen LogP contribution in [0.2, 0.25) is 0 Å². The number of hydrogen-bond donors (Lipinski definition) is 2. The first-order valence-corrected chi connectivity index (χ1v) is 6.81. The van der Waals surface area contributed by atoms with E-state index < -0.39 is 0 Å². The van der Waals surface area contributed by atoms with Crippen molar-refractivity contribution in [3.63, 3.8) is 0 Å². The smallest absolute Gasteiger partial charge is 0.237 e. The van der Waals surface area contributed by atoms with Crippen molar-refractivity contribution < 1.29 is 4.79 Å². The maximum Gasteiger partial charge on any atom is 0.237 e. The Labute approximate surface area is 97.4 Å². The summed E-state index contributed by atoms with van der Waals surface area (Å²) in [4.78, 5) is 11.9. The second-order valence-electron chi connectivity index (χ2n) is 5.86. The molecular weight excluding hydrogens is 200 g/mol. The van der Waals surface area contributed by atoms with E-state index in [9.17, 15) is 4.79 Å². The van der Waals surface area contributed by atoms with Crippen molar-refractivity contribution in [1.29, 1.82) is 0 Å². The molecule has 2 saturated carbocycles. The van der Waals surface area contributed by atoms with Crippen LogP contribution in [-0.2, 0) is 4.79 Å². The van der Waals surface area contributed by atoms with Crippen molar-refractivity contribution in [1.82, 2.24) is 10.6 Å². The summed E-state index contributed by atoms with van der Waals surface area (Å²) in [5, 5.41) is 6.45. The van der Waals surface area contributed by atoms with Crippen molar-refractivity contribution in [2.24, 2.45) is 11.3 Å². The van der Waals surface area contributed by atoms with Crippen LogP contribution in [0.15, 0.2) is 0 Å². The average molecular weight is 222 g/mol. The number of amides is 1. The van der Waals surface area contributed by atoms with E-state index in [0.29, 0.717) is 5.41 Å². The van der Waals surface area contributed by atoms with Gasteiger partial charge in [0, 0.05) is 6.54 Å². The molecule has 16 heavy (non-hydrogen) atoms. The van der Waals surface area contributed by atoms with Crippen molar-refractivity contribution in [3.05, 3.63) is 0 Å². The molecule has 3 aliphatic rings. The van der Waals surface area contributed by atoms with Crippen molar-refractivity contribution in [2.45, 2.75) is 51.0 Å². The van der Waals surface area contributed by atoms with Crippen LogP contribution in [0.4, 0.5) is 0 Å². The van der Waals surface area contributed by atoms with E-state index in [1.54, 1.807) is 0 Å². The highest BCUT2D eigenvalue weighted by Gasteiger charge is 2.49. The van der Waals surface area contributed by atoms with Gasteiger partial charge in [-0.15, -0.1) is 0 Å². The minimum Gasteiger partial charge on any atom is -0.354 e. The SMILES string of the molecule is O=C(NCC1(C2CC2)CCC1)C1CCCN1. The minimum absolute atomic E-state index is 0.0938. The van der Waals surface area contributed by atoms with Gasteiger partial charge < -0.3 is 10.6 Å². The van der Waals surface area contributed by atoms with Crippen LogP contribution < -0.4 is 10.6 Å². The molecule has 1 amide bonds. The van der Waals surface area contributed by atoms with E-state index in [4.69, 9.17) is 0 Å². The van der Waals surface area contributed by atoms with Gasteiger partial charge in [-0.25, -0.2) is 0 Å². The van der Waals surface area contributed by atoms with E-state index in [-0.39, 0.29) is 11.9 Å². The predicted octanol–water partition coefficient (Wildman–Crippen LogP) is 1.43. The number of carbonyl (C=O) groups excluding carboxylic acids is 1. The van der Waals surface area contributed by atoms with Gasteiger partial charge in [-0.05, 0) is 56.4 Å². The lowest BCUT2D eigenvalue weighted by atomic mass is 9.65. The average Bonchev–Trinajstić information content (AvgIpc) is 2.92. The third-order valence-electron chi connectivity index (χ3n) is 4.78. The summed E-state index contributed by atoms with van der Waals surface area (Å²) in [6.45, 7) is 1.94. The van der Waals surface area contributed by atoms with Crippen LogP contribution in [0.3, 0.4) is 0 Å². The molecule has 3 fully saturated rings. The van der Waals surface area contributed by atoms with Crippen LogP contribution in [0.5, 0.6) is 0 Å². The fourth-order valence-electron chi connectivity index (χ4n) is 3.35. The molecule has 1 unspecified atom stereocenters. The van der Waals surface area contributed by atoms with Crippen LogP contribution >= 0.6 is 0 Å². The lowest BCUT2D eigenvalue weighted by Gasteiger charge is -2.42. The zero-order chi connectivity index (χ0) is 11.0. The Kier molecular flexibility index (Phi) is 2.66. The summed E-state index contributed by atoms with van der Waals surface area (Å²) in [5.41, 5.74) is 0.508. The molecule has 2 N–H and O–H groups in total. The molecule has 0 radical (unpaired) electrons. The van der Waals surface area contributed by atoms with Gasteiger partial charge in [0.1, 0.15) is 0 Å². The highest BCUT2D eigenvalue weighted by molar-refractivity contribution is 5.82. The molecule has 90 valence electrons. The third kappa shape index (κ3) is 1.86. The molecule has 0 aromatic rings. The number of hydrogen-bond acceptors (Lipinski definition) is 2. The van der Waals surface area contributed by atoms with Crippen molar-refractivity contribution in [3.8, 4) is 0 Å². The Bertz CT molecular complexity index is 276. The summed E-state index contributed by atoms with van der Waals surface area (Å²) < 4.78 is 0. The van der Waals surface area contributed by atoms with Crippen LogP contribution in [0, 0.1) is 11.3 Å². The third-order valence-corrected chi connectivity index (χ3v) is 4.78. The summed E-state index contributed by atoms with van der Waals surface area (Å²) in [7, 11) is 0. The molecule has 2 aliphatic carbocycles. The molecule has 1 atom stereocenters. The molecule has 1 aliphatic heterocycles. The zero-order valence-corrected chi connectivity index (χ0v) is 9.93. The lowest BCUT2D eigenvalue weighted by molar-refractivity contribution is -0.123. The second-order valence-corrected chi connectivity index (χ2v) is 5.86. The Morgan fingerprint density at radius 3 is 2.56 bits per heavy atom. The van der Waals surface area contributed by atoms with E-state index in [0.717, 1.165) is 31.8 Å². The lowest BCUT2D eigenvalue weighted by Crippen LogP contribution is -2.48. The standard InChI is InChI=1S/C13H22N2O/c16-12(11-3-1-8-14-11)15-9-13(6-2-7-13)10-4-5-10/h10-11,14H,1-9H2,(H,15,16). The van der Waals surface area contributed by atoms with Crippen LogP contribution in [0.1, 0.15) is 44.9 Å². The number of carbonyl (C=O) groups is 1. The van der Waals surface area contributed by atoms with Crippen molar-refractivity contribution in [2.75, 3.05) is 13.1 Å². The fourth-order valence-corrected chi connectivity index (χ4v) is 3.35. The Balaban J connectivity index is 1.49. The predicted molar refractivity (Wildman–Crippen MR) is 63.0 cm³/mol. The van der Waals surface area contributed by atoms with Gasteiger partial charge in [0.05, 0.1) is 6.04 Å². The summed E-state index contributed by atoms with van der Waals surface area (Å²) >= 11 is 0. The maximum atomic E-state index is 11.9. The van der Waals surface area contributed by atoms with Crippen LogP contribution in [0.25, 0.3) is 0 Å². The quantitative estimate of drug-likeness (QED) is 0.755. The Hall–Kier alpha value is -0.570. The van der Waals surface area contributed by atoms with Gasteiger partial charge in [0.2, 0.25) is 5.91 Å². The molecule has 0 bridgehead atoms. The van der Waals surface area contributed by atoms with Gasteiger partial charge >= 0.3 is 0 Å². The Morgan fingerprint density at radius 2 is 2.06 bits per heavy atom. The monoisotopic (exact) mass is 222 g/mol. The molecule has 1 heterocycles. The van der Waals surface area contributed by atoms with Gasteiger partial charge in [-0.1, -0.05) is 6.42 Å². The van der Waals surface area contributed by atoms with Gasteiger partial charge in [0.25, 0.3) is 0 Å². The highest BCUT2D eigenvalue weighted by Crippen LogP contribution is 2.56. The number of nitrogens with one attached hydrogen (secondary N) is 2. The number of rotatable bonds is 4. The van der Waals surface area contributed by atoms with E-state index in [1.807, 2.05) is 0 Å². The van der Waals surface area contributed by atoms with E-state index >= 15 is 0 Å². The normalized spacial score (nSPS) is 32.1. The highest BCUT2D eigenvalue weighted by atomic mass is 16.2. The molecule has 0 aromatic heterocycles. The van der Waals surface area contributed by atoms with E-state index in [1.165, 1.54) is 32.1 Å². The molecule has 0 spiro atoms. The van der Waals surface area contributed by atoms with E-state index in [2.05, 4.69) is 10.6 Å². The summed E-state index contributed by atoms with van der Waals surface area (Å²) in [6, 6.07) is 0.0938. The molecule has 3 heteroatoms. The summed E-state index contributed by atoms with van der Waals surface area (Å²) in [6.07, 6.45) is 9.02. The Morgan fingerprint density at radius 1 is 1.25 bits per heavy atom. The fraction of sp³-hybridized carbons (Fsp3) is 0.923. The first kappa shape index (κ1) is 10.6. The zero-order valence-electron chi connectivity index (χ0n) is 9.93. The molecule has 3 rings (SSSR count). The topological polar surface area (TPSA) is 41.1 Å². The molecular formula is C13H22N2O. The van der Waals surface area contributed by atoms with Crippen LogP contribution in [-0.4, -0.2) is 25.0 Å². The largest absolute Gasteiger partial charge is 0.354 e. The minimum atomic E-state index is 0.0938. The van der Waals surface area contributed by atoms with Gasteiger partial charge in [0.15, 0.2) is 0 Å². The second kappa shape index (κ2) is 4.02. The van der Waals surface area contributed by atoms with Gasteiger partial charge in [-0.2, -0.15) is 0 Å². The van der Waals surface area contributed by atoms with Gasteiger partial charge in [-0.3, -0.25) is 4.79 Å². The molecule has 3 nitrogen and oxygen atoms in total. The van der Waals surface area contributed by atoms with Crippen molar-refractivity contribution >= 4 is 5.91 Å². The molecule has 1 saturated heterocycles. The molecule has 0 aromatic carbocycles. The maximum absolute atomic E-state index is 11.9. The summed E-state index contributed by atoms with van der Waals surface area (Å²) in [5.74, 6) is 1.17. The first-order chi connectivity index (χ1) is 7.80.